The van der Waals surface area contributed by atoms with Gasteiger partial charge in [0.05, 0.1) is 6.20 Å². The van der Waals surface area contributed by atoms with Gasteiger partial charge in [0.15, 0.2) is 11.5 Å². The standard InChI is InChI=1S/C18H18FNO3/c1-2-3-10-20-12-18(23)17(22)11-15(20)8-9-16(21)13-4-6-14(19)7-5-13/h4-9,11-12,23H,2-3,10H2,1H3/b9-8+. The molecule has 0 saturated heterocycles. The van der Waals surface area contributed by atoms with Crippen LogP contribution in [0, 0.1) is 5.82 Å². The Morgan fingerprint density at radius 1 is 1.30 bits per heavy atom. The molecule has 1 aromatic carbocycles. The summed E-state index contributed by atoms with van der Waals surface area (Å²) in [7, 11) is 0. The summed E-state index contributed by atoms with van der Waals surface area (Å²) < 4.78 is 14.6. The van der Waals surface area contributed by atoms with E-state index in [1.165, 1.54) is 48.7 Å². The number of halogens is 1. The van der Waals surface area contributed by atoms with Crippen LogP contribution >= 0.6 is 0 Å². The van der Waals surface area contributed by atoms with E-state index in [1.54, 1.807) is 4.57 Å². The van der Waals surface area contributed by atoms with Gasteiger partial charge in [0.2, 0.25) is 5.43 Å². The van der Waals surface area contributed by atoms with Gasteiger partial charge in [-0.25, -0.2) is 4.39 Å². The number of aromatic nitrogens is 1. The van der Waals surface area contributed by atoms with Gasteiger partial charge in [0.1, 0.15) is 5.82 Å². The molecule has 0 radical (unpaired) electrons. The molecule has 1 aromatic heterocycles. The van der Waals surface area contributed by atoms with Crippen LogP contribution in [0.25, 0.3) is 6.08 Å². The van der Waals surface area contributed by atoms with E-state index in [1.807, 2.05) is 6.92 Å². The van der Waals surface area contributed by atoms with Gasteiger partial charge in [0.25, 0.3) is 0 Å². The summed E-state index contributed by atoms with van der Waals surface area (Å²) >= 11 is 0. The van der Waals surface area contributed by atoms with Crippen molar-refractivity contribution in [3.05, 3.63) is 69.9 Å². The smallest absolute Gasteiger partial charge is 0.223 e. The fourth-order valence-electron chi connectivity index (χ4n) is 2.11. The number of aryl methyl sites for hydroxylation is 1. The molecule has 0 aliphatic carbocycles. The molecule has 1 heterocycles. The van der Waals surface area contributed by atoms with Crippen LogP contribution in [-0.4, -0.2) is 15.5 Å². The van der Waals surface area contributed by atoms with Gasteiger partial charge < -0.3 is 9.67 Å². The topological polar surface area (TPSA) is 59.3 Å². The number of carbonyl (C=O) groups is 1. The Kier molecular flexibility index (Phi) is 5.46. The summed E-state index contributed by atoms with van der Waals surface area (Å²) in [5.41, 5.74) is 0.409. The monoisotopic (exact) mass is 315 g/mol. The minimum absolute atomic E-state index is 0.285. The predicted molar refractivity (Wildman–Crippen MR) is 87.0 cm³/mol. The Balaban J connectivity index is 2.27. The third-order valence-corrected chi connectivity index (χ3v) is 3.43. The van der Waals surface area contributed by atoms with Crippen molar-refractivity contribution in [3.8, 4) is 5.75 Å². The molecule has 2 aromatic rings. The van der Waals surface area contributed by atoms with Crippen molar-refractivity contribution in [1.82, 2.24) is 4.57 Å². The number of pyridine rings is 1. The lowest BCUT2D eigenvalue weighted by Crippen LogP contribution is -2.10. The van der Waals surface area contributed by atoms with Crippen molar-refractivity contribution < 1.29 is 14.3 Å². The molecule has 1 N–H and O–H groups in total. The minimum atomic E-state index is -0.494. The summed E-state index contributed by atoms with van der Waals surface area (Å²) in [6.07, 6.45) is 6.09. The van der Waals surface area contributed by atoms with Crippen LogP contribution in [0.5, 0.6) is 5.75 Å². The van der Waals surface area contributed by atoms with Crippen LogP contribution in [0.2, 0.25) is 0 Å². The normalized spacial score (nSPS) is 11.0. The highest BCUT2D eigenvalue weighted by Gasteiger charge is 2.05. The Bertz CT molecular complexity index is 776. The lowest BCUT2D eigenvalue weighted by molar-refractivity contribution is 0.104. The first kappa shape index (κ1) is 16.7. The van der Waals surface area contributed by atoms with Crippen LogP contribution < -0.4 is 5.43 Å². The van der Waals surface area contributed by atoms with Gasteiger partial charge in [0, 0.05) is 23.9 Å². The molecule has 2 rings (SSSR count). The van der Waals surface area contributed by atoms with Gasteiger partial charge in [-0.15, -0.1) is 0 Å². The number of rotatable bonds is 6. The molecule has 0 aliphatic rings. The van der Waals surface area contributed by atoms with E-state index in [2.05, 4.69) is 0 Å². The first-order chi connectivity index (χ1) is 11.0. The molecule has 0 amide bonds. The molecular weight excluding hydrogens is 297 g/mol. The van der Waals surface area contributed by atoms with Gasteiger partial charge in [-0.05, 0) is 42.8 Å². The molecular formula is C18H18FNO3. The molecule has 0 atom stereocenters. The first-order valence-corrected chi connectivity index (χ1v) is 7.42. The van der Waals surface area contributed by atoms with Gasteiger partial charge in [-0.3, -0.25) is 9.59 Å². The zero-order valence-electron chi connectivity index (χ0n) is 12.8. The number of ketones is 1. The average Bonchev–Trinajstić information content (AvgIpc) is 2.54. The highest BCUT2D eigenvalue weighted by Crippen LogP contribution is 2.10. The third kappa shape index (κ3) is 4.39. The number of carbonyl (C=O) groups excluding carboxylic acids is 1. The molecule has 23 heavy (non-hydrogen) atoms. The maximum Gasteiger partial charge on any atom is 0.223 e. The van der Waals surface area contributed by atoms with Crippen LogP contribution in [0.1, 0.15) is 35.8 Å². The number of benzene rings is 1. The summed E-state index contributed by atoms with van der Waals surface area (Å²) in [5, 5.41) is 9.55. The number of unbranched alkanes of at least 4 members (excludes halogenated alkanes) is 1. The lowest BCUT2D eigenvalue weighted by atomic mass is 10.1. The van der Waals surface area contributed by atoms with Gasteiger partial charge in [-0.1, -0.05) is 13.3 Å². The highest BCUT2D eigenvalue weighted by molar-refractivity contribution is 6.06. The molecule has 0 saturated carbocycles. The van der Waals surface area contributed by atoms with Gasteiger partial charge in [-0.2, -0.15) is 0 Å². The number of nitrogens with zero attached hydrogens (tertiary/aromatic N) is 1. The van der Waals surface area contributed by atoms with E-state index in [4.69, 9.17) is 0 Å². The molecule has 4 nitrogen and oxygen atoms in total. The third-order valence-electron chi connectivity index (χ3n) is 3.43. The van der Waals surface area contributed by atoms with E-state index >= 15 is 0 Å². The lowest BCUT2D eigenvalue weighted by Gasteiger charge is -2.10. The Morgan fingerprint density at radius 2 is 2.00 bits per heavy atom. The largest absolute Gasteiger partial charge is 0.503 e. The fourth-order valence-corrected chi connectivity index (χ4v) is 2.11. The van der Waals surface area contributed by atoms with Crippen molar-refractivity contribution in [2.75, 3.05) is 0 Å². The highest BCUT2D eigenvalue weighted by atomic mass is 19.1. The zero-order chi connectivity index (χ0) is 16.8. The molecule has 0 bridgehead atoms. The molecule has 120 valence electrons. The van der Waals surface area contributed by atoms with Crippen molar-refractivity contribution in [1.29, 1.82) is 0 Å². The second-order valence-corrected chi connectivity index (χ2v) is 5.20. The summed E-state index contributed by atoms with van der Waals surface area (Å²) in [4.78, 5) is 23.7. The Hall–Kier alpha value is -2.69. The molecule has 0 spiro atoms. The minimum Gasteiger partial charge on any atom is -0.503 e. The number of allylic oxidation sites excluding steroid dienone is 1. The van der Waals surface area contributed by atoms with Crippen LogP contribution in [0.3, 0.4) is 0 Å². The first-order valence-electron chi connectivity index (χ1n) is 7.42. The molecule has 0 unspecified atom stereocenters. The number of hydrogen-bond donors (Lipinski definition) is 1. The van der Waals surface area contributed by atoms with E-state index in [0.717, 1.165) is 12.8 Å². The van der Waals surface area contributed by atoms with Crippen LogP contribution in [-0.2, 0) is 6.54 Å². The summed E-state index contributed by atoms with van der Waals surface area (Å²) in [6, 6.07) is 6.54. The summed E-state index contributed by atoms with van der Waals surface area (Å²) in [6.45, 7) is 2.67. The van der Waals surface area contributed by atoms with Crippen molar-refractivity contribution in [2.24, 2.45) is 0 Å². The second-order valence-electron chi connectivity index (χ2n) is 5.20. The molecule has 5 heteroatoms. The van der Waals surface area contributed by atoms with Crippen molar-refractivity contribution in [3.63, 3.8) is 0 Å². The molecule has 0 fully saturated rings. The average molecular weight is 315 g/mol. The van der Waals surface area contributed by atoms with Gasteiger partial charge >= 0.3 is 0 Å². The van der Waals surface area contributed by atoms with E-state index in [9.17, 15) is 19.1 Å². The molecule has 0 aliphatic heterocycles. The van der Waals surface area contributed by atoms with Crippen LogP contribution in [0.15, 0.2) is 47.4 Å². The van der Waals surface area contributed by atoms with E-state index < -0.39 is 11.2 Å². The number of hydrogen-bond acceptors (Lipinski definition) is 3. The fraction of sp³-hybridized carbons (Fsp3) is 0.222. The maximum atomic E-state index is 12.9. The van der Waals surface area contributed by atoms with E-state index in [-0.39, 0.29) is 11.5 Å². The van der Waals surface area contributed by atoms with E-state index in [0.29, 0.717) is 17.8 Å². The van der Waals surface area contributed by atoms with Crippen LogP contribution in [0.4, 0.5) is 4.39 Å². The second kappa shape index (κ2) is 7.54. The SMILES string of the molecule is CCCCn1cc(O)c(=O)cc1/C=C/C(=O)c1ccc(F)cc1. The van der Waals surface area contributed by atoms with Crippen molar-refractivity contribution in [2.45, 2.75) is 26.3 Å². The predicted octanol–water partition coefficient (Wildman–Crippen LogP) is 3.39. The summed E-state index contributed by atoms with van der Waals surface area (Å²) in [5.74, 6) is -1.01. The van der Waals surface area contributed by atoms with Crippen molar-refractivity contribution >= 4 is 11.9 Å². The Labute approximate surface area is 133 Å². The Morgan fingerprint density at radius 3 is 2.65 bits per heavy atom. The number of aromatic hydroxyl groups is 1. The zero-order valence-corrected chi connectivity index (χ0v) is 12.8. The quantitative estimate of drug-likeness (QED) is 0.656. The maximum absolute atomic E-state index is 12.9.